The van der Waals surface area contributed by atoms with E-state index in [1.54, 1.807) is 0 Å². The standard InChI is InChI=1S/C12H20N2/c1-11(5-3-7-13-2)9-12-6-4-8-14-10-12/h4,6,8,10-11,13H,3,5,7,9H2,1-2H3. The lowest BCUT2D eigenvalue weighted by Gasteiger charge is -2.10. The van der Waals surface area contributed by atoms with Crippen LogP contribution in [-0.2, 0) is 6.42 Å². The fraction of sp³-hybridized carbons (Fsp3) is 0.583. The maximum Gasteiger partial charge on any atom is 0.0299 e. The first-order valence-electron chi connectivity index (χ1n) is 5.36. The van der Waals surface area contributed by atoms with Crippen LogP contribution < -0.4 is 5.32 Å². The molecule has 2 heteroatoms. The van der Waals surface area contributed by atoms with Crippen molar-refractivity contribution in [2.24, 2.45) is 5.92 Å². The third-order valence-electron chi connectivity index (χ3n) is 2.43. The first kappa shape index (κ1) is 11.2. The summed E-state index contributed by atoms with van der Waals surface area (Å²) >= 11 is 0. The Labute approximate surface area is 86.8 Å². The highest BCUT2D eigenvalue weighted by Gasteiger charge is 2.02. The van der Waals surface area contributed by atoms with Crippen molar-refractivity contribution in [2.75, 3.05) is 13.6 Å². The molecule has 0 aromatic carbocycles. The zero-order valence-electron chi connectivity index (χ0n) is 9.16. The molecule has 78 valence electrons. The van der Waals surface area contributed by atoms with Gasteiger partial charge in [-0.25, -0.2) is 0 Å². The van der Waals surface area contributed by atoms with Gasteiger partial charge in [0.1, 0.15) is 0 Å². The summed E-state index contributed by atoms with van der Waals surface area (Å²) in [4.78, 5) is 4.12. The van der Waals surface area contributed by atoms with Crippen molar-refractivity contribution in [3.63, 3.8) is 0 Å². The SMILES string of the molecule is CNCCCC(C)Cc1cccnc1. The molecule has 1 heterocycles. The van der Waals surface area contributed by atoms with Crippen molar-refractivity contribution in [3.8, 4) is 0 Å². The highest BCUT2D eigenvalue weighted by atomic mass is 14.8. The van der Waals surface area contributed by atoms with Crippen LogP contribution in [-0.4, -0.2) is 18.6 Å². The summed E-state index contributed by atoms with van der Waals surface area (Å²) in [5, 5.41) is 3.17. The van der Waals surface area contributed by atoms with Crippen molar-refractivity contribution in [2.45, 2.75) is 26.2 Å². The maximum atomic E-state index is 4.12. The fourth-order valence-electron chi connectivity index (χ4n) is 1.65. The fourth-order valence-corrected chi connectivity index (χ4v) is 1.65. The number of nitrogens with zero attached hydrogens (tertiary/aromatic N) is 1. The highest BCUT2D eigenvalue weighted by Crippen LogP contribution is 2.11. The Kier molecular flexibility index (Phi) is 5.23. The van der Waals surface area contributed by atoms with E-state index in [2.05, 4.69) is 23.3 Å². The number of rotatable bonds is 6. The quantitative estimate of drug-likeness (QED) is 0.699. The van der Waals surface area contributed by atoms with Crippen LogP contribution in [0, 0.1) is 5.92 Å². The molecule has 0 amide bonds. The topological polar surface area (TPSA) is 24.9 Å². The summed E-state index contributed by atoms with van der Waals surface area (Å²) < 4.78 is 0. The van der Waals surface area contributed by atoms with E-state index in [-0.39, 0.29) is 0 Å². The van der Waals surface area contributed by atoms with E-state index in [1.165, 1.54) is 18.4 Å². The zero-order chi connectivity index (χ0) is 10.2. The molecule has 0 radical (unpaired) electrons. The highest BCUT2D eigenvalue weighted by molar-refractivity contribution is 5.08. The summed E-state index contributed by atoms with van der Waals surface area (Å²) in [6.45, 7) is 3.43. The first-order chi connectivity index (χ1) is 6.83. The van der Waals surface area contributed by atoms with Crippen molar-refractivity contribution in [3.05, 3.63) is 30.1 Å². The molecular weight excluding hydrogens is 172 g/mol. The van der Waals surface area contributed by atoms with Crippen molar-refractivity contribution >= 4 is 0 Å². The molecule has 0 saturated heterocycles. The molecule has 0 aliphatic heterocycles. The lowest BCUT2D eigenvalue weighted by molar-refractivity contribution is 0.499. The van der Waals surface area contributed by atoms with Crippen LogP contribution in [0.2, 0.25) is 0 Å². The molecule has 1 rings (SSSR count). The lowest BCUT2D eigenvalue weighted by atomic mass is 9.98. The maximum absolute atomic E-state index is 4.12. The summed E-state index contributed by atoms with van der Waals surface area (Å²) in [6, 6.07) is 4.16. The first-order valence-corrected chi connectivity index (χ1v) is 5.36. The molecule has 0 aliphatic carbocycles. The van der Waals surface area contributed by atoms with Gasteiger partial charge in [0.2, 0.25) is 0 Å². The molecule has 0 spiro atoms. The van der Waals surface area contributed by atoms with Gasteiger partial charge in [0, 0.05) is 12.4 Å². The van der Waals surface area contributed by atoms with Gasteiger partial charge in [-0.1, -0.05) is 13.0 Å². The Balaban J connectivity index is 2.23. The van der Waals surface area contributed by atoms with Gasteiger partial charge < -0.3 is 5.32 Å². The van der Waals surface area contributed by atoms with Crippen LogP contribution in [0.4, 0.5) is 0 Å². The molecule has 1 aromatic rings. The number of nitrogens with one attached hydrogen (secondary N) is 1. The molecule has 1 atom stereocenters. The third-order valence-corrected chi connectivity index (χ3v) is 2.43. The van der Waals surface area contributed by atoms with Crippen LogP contribution in [0.5, 0.6) is 0 Å². The Morgan fingerprint density at radius 3 is 3.00 bits per heavy atom. The van der Waals surface area contributed by atoms with Crippen LogP contribution in [0.15, 0.2) is 24.5 Å². The summed E-state index contributed by atoms with van der Waals surface area (Å²) in [5.74, 6) is 0.757. The van der Waals surface area contributed by atoms with Gasteiger partial charge in [-0.15, -0.1) is 0 Å². The smallest absolute Gasteiger partial charge is 0.0299 e. The van der Waals surface area contributed by atoms with E-state index in [4.69, 9.17) is 0 Å². The van der Waals surface area contributed by atoms with Gasteiger partial charge in [-0.2, -0.15) is 0 Å². The second-order valence-corrected chi connectivity index (χ2v) is 3.92. The summed E-state index contributed by atoms with van der Waals surface area (Å²) in [6.07, 6.45) is 7.49. The van der Waals surface area contributed by atoms with Gasteiger partial charge in [-0.3, -0.25) is 4.98 Å². The molecule has 0 bridgehead atoms. The van der Waals surface area contributed by atoms with E-state index in [1.807, 2.05) is 25.5 Å². The number of pyridine rings is 1. The molecule has 1 aromatic heterocycles. The average molecular weight is 192 g/mol. The molecule has 0 fully saturated rings. The predicted octanol–water partition coefficient (Wildman–Crippen LogP) is 2.26. The second kappa shape index (κ2) is 6.55. The monoisotopic (exact) mass is 192 g/mol. The number of hydrogen-bond donors (Lipinski definition) is 1. The number of hydrogen-bond acceptors (Lipinski definition) is 2. The van der Waals surface area contributed by atoms with Gasteiger partial charge >= 0.3 is 0 Å². The Morgan fingerprint density at radius 1 is 1.50 bits per heavy atom. The van der Waals surface area contributed by atoms with E-state index in [0.29, 0.717) is 0 Å². The van der Waals surface area contributed by atoms with Crippen molar-refractivity contribution in [1.82, 2.24) is 10.3 Å². The molecule has 0 aliphatic rings. The van der Waals surface area contributed by atoms with E-state index in [0.717, 1.165) is 18.9 Å². The van der Waals surface area contributed by atoms with Crippen LogP contribution in [0.3, 0.4) is 0 Å². The zero-order valence-corrected chi connectivity index (χ0v) is 9.16. The van der Waals surface area contributed by atoms with Crippen molar-refractivity contribution in [1.29, 1.82) is 0 Å². The van der Waals surface area contributed by atoms with Crippen LogP contribution in [0.25, 0.3) is 0 Å². The molecular formula is C12H20N2. The van der Waals surface area contributed by atoms with Gasteiger partial charge in [-0.05, 0) is 50.4 Å². The van der Waals surface area contributed by atoms with Crippen molar-refractivity contribution < 1.29 is 0 Å². The summed E-state index contributed by atoms with van der Waals surface area (Å²) in [7, 11) is 2.01. The largest absolute Gasteiger partial charge is 0.320 e. The normalized spacial score (nSPS) is 12.7. The summed E-state index contributed by atoms with van der Waals surface area (Å²) in [5.41, 5.74) is 1.35. The second-order valence-electron chi connectivity index (χ2n) is 3.92. The minimum absolute atomic E-state index is 0.757. The van der Waals surface area contributed by atoms with Crippen LogP contribution in [0.1, 0.15) is 25.3 Å². The molecule has 1 unspecified atom stereocenters. The Hall–Kier alpha value is -0.890. The van der Waals surface area contributed by atoms with E-state index >= 15 is 0 Å². The van der Waals surface area contributed by atoms with Gasteiger partial charge in [0.05, 0.1) is 0 Å². The number of aromatic nitrogens is 1. The van der Waals surface area contributed by atoms with E-state index < -0.39 is 0 Å². The molecule has 14 heavy (non-hydrogen) atoms. The van der Waals surface area contributed by atoms with Gasteiger partial charge in [0.15, 0.2) is 0 Å². The predicted molar refractivity (Wildman–Crippen MR) is 60.3 cm³/mol. The molecule has 0 saturated carbocycles. The lowest BCUT2D eigenvalue weighted by Crippen LogP contribution is -2.10. The minimum Gasteiger partial charge on any atom is -0.320 e. The third kappa shape index (κ3) is 4.38. The minimum atomic E-state index is 0.757. The Bertz CT molecular complexity index is 233. The molecule has 1 N–H and O–H groups in total. The Morgan fingerprint density at radius 2 is 2.36 bits per heavy atom. The molecule has 2 nitrogen and oxygen atoms in total. The van der Waals surface area contributed by atoms with Crippen LogP contribution >= 0.6 is 0 Å². The average Bonchev–Trinajstić information content (AvgIpc) is 2.20. The van der Waals surface area contributed by atoms with Gasteiger partial charge in [0.25, 0.3) is 0 Å². The van der Waals surface area contributed by atoms with E-state index in [9.17, 15) is 0 Å².